The van der Waals surface area contributed by atoms with Gasteiger partial charge in [-0.05, 0) is 51.1 Å². The predicted molar refractivity (Wildman–Crippen MR) is 178 cm³/mol. The number of nitrogens with one attached hydrogen (secondary N) is 4. The van der Waals surface area contributed by atoms with Gasteiger partial charge in [0.15, 0.2) is 0 Å². The average Bonchev–Trinajstić information content (AvgIpc) is 3.34. The van der Waals surface area contributed by atoms with Gasteiger partial charge in [-0.15, -0.1) is 0 Å². The van der Waals surface area contributed by atoms with Gasteiger partial charge in [0.1, 0.15) is 24.2 Å². The van der Waals surface area contributed by atoms with E-state index in [4.69, 9.17) is 26.7 Å². The van der Waals surface area contributed by atoms with Gasteiger partial charge in [0, 0.05) is 20.1 Å². The number of hydrogen-bond donors (Lipinski definition) is 7. The van der Waals surface area contributed by atoms with Crippen molar-refractivity contribution in [3.63, 3.8) is 0 Å². The number of ether oxygens (including phenoxy) is 2. The van der Waals surface area contributed by atoms with Crippen molar-refractivity contribution in [2.75, 3.05) is 53.0 Å². The van der Waals surface area contributed by atoms with Gasteiger partial charge >= 0.3 is 0 Å². The molecule has 0 aromatic carbocycles. The van der Waals surface area contributed by atoms with E-state index in [1.165, 1.54) is 4.90 Å². The largest absolute Gasteiger partial charge is 0.379 e. The first kappa shape index (κ1) is 40.3. The third-order valence-electron chi connectivity index (χ3n) is 8.94. The number of nitrogens with zero attached hydrogens (tertiary/aromatic N) is 1. The number of carbonyl (C=O) groups is 5. The summed E-state index contributed by atoms with van der Waals surface area (Å²) in [6, 6.07) is -4.04. The van der Waals surface area contributed by atoms with Crippen molar-refractivity contribution in [2.45, 2.75) is 108 Å². The molecule has 15 nitrogen and oxygen atoms in total. The SMILES string of the molecule is CCCC1C(=O)NC(C2CCCCCC2)C(=O)NC(CN)C(=O)NC(COC(CCN)CCN)C(=O)NCCOCC(C)C(=O)N1C. The average molecular weight is 669 g/mol. The molecule has 5 atom stereocenters. The maximum atomic E-state index is 13.9. The van der Waals surface area contributed by atoms with E-state index in [-0.39, 0.29) is 50.8 Å². The molecule has 1 aliphatic heterocycles. The molecule has 10 N–H and O–H groups in total. The Morgan fingerprint density at radius 2 is 1.51 bits per heavy atom. The highest BCUT2D eigenvalue weighted by atomic mass is 16.5. The van der Waals surface area contributed by atoms with Crippen molar-refractivity contribution < 1.29 is 33.4 Å². The second kappa shape index (κ2) is 21.9. The second-order valence-electron chi connectivity index (χ2n) is 12.7. The molecule has 2 rings (SSSR count). The summed E-state index contributed by atoms with van der Waals surface area (Å²) in [5.41, 5.74) is 17.4. The van der Waals surface area contributed by atoms with Crippen LogP contribution in [0.15, 0.2) is 0 Å². The third kappa shape index (κ3) is 13.3. The molecule has 0 spiro atoms. The molecule has 2 fully saturated rings. The van der Waals surface area contributed by atoms with E-state index in [9.17, 15) is 24.0 Å². The molecule has 15 heteroatoms. The molecule has 0 bridgehead atoms. The van der Waals surface area contributed by atoms with E-state index in [1.54, 1.807) is 14.0 Å². The molecule has 1 aliphatic carbocycles. The van der Waals surface area contributed by atoms with Crippen molar-refractivity contribution in [1.29, 1.82) is 0 Å². The van der Waals surface area contributed by atoms with Gasteiger partial charge in [0.05, 0.1) is 31.8 Å². The molecule has 0 aromatic rings. The molecule has 5 unspecified atom stereocenters. The Labute approximate surface area is 279 Å². The molecule has 270 valence electrons. The number of hydrogen-bond acceptors (Lipinski definition) is 10. The Balaban J connectivity index is 2.41. The Morgan fingerprint density at radius 3 is 2.11 bits per heavy atom. The van der Waals surface area contributed by atoms with Crippen LogP contribution >= 0.6 is 0 Å². The molecule has 5 amide bonds. The summed E-state index contributed by atoms with van der Waals surface area (Å²) in [6.07, 6.45) is 7.12. The third-order valence-corrected chi connectivity index (χ3v) is 8.94. The molecule has 47 heavy (non-hydrogen) atoms. The Kier molecular flexibility index (Phi) is 18.8. The van der Waals surface area contributed by atoms with E-state index in [0.29, 0.717) is 38.8 Å². The van der Waals surface area contributed by atoms with Gasteiger partial charge in [-0.25, -0.2) is 0 Å². The van der Waals surface area contributed by atoms with Crippen LogP contribution in [0.2, 0.25) is 0 Å². The van der Waals surface area contributed by atoms with E-state index in [1.807, 2.05) is 6.92 Å². The van der Waals surface area contributed by atoms with Crippen molar-refractivity contribution >= 4 is 29.5 Å². The zero-order chi connectivity index (χ0) is 34.8. The highest BCUT2D eigenvalue weighted by Crippen LogP contribution is 2.26. The number of nitrogens with two attached hydrogens (primary N) is 3. The van der Waals surface area contributed by atoms with Crippen LogP contribution in [0.4, 0.5) is 0 Å². The highest BCUT2D eigenvalue weighted by molar-refractivity contribution is 5.96. The zero-order valence-electron chi connectivity index (χ0n) is 28.6. The van der Waals surface area contributed by atoms with Crippen molar-refractivity contribution in [1.82, 2.24) is 26.2 Å². The first-order valence-corrected chi connectivity index (χ1v) is 17.3. The molecular formula is C32H60N8O7. The van der Waals surface area contributed by atoms with Crippen molar-refractivity contribution in [3.05, 3.63) is 0 Å². The second-order valence-corrected chi connectivity index (χ2v) is 12.7. The van der Waals surface area contributed by atoms with E-state index in [2.05, 4.69) is 21.3 Å². The van der Waals surface area contributed by atoms with E-state index < -0.39 is 53.7 Å². The van der Waals surface area contributed by atoms with Crippen LogP contribution in [0.25, 0.3) is 0 Å². The quantitative estimate of drug-likeness (QED) is 0.131. The monoisotopic (exact) mass is 668 g/mol. The fraction of sp³-hybridized carbons (Fsp3) is 0.844. The minimum atomic E-state index is -1.19. The standard InChI is InChI=1S/C32H60N8O7/c1-4-9-26-30(43)39-27(22-10-7-5-6-8-11-22)31(44)37-24(18-35)29(42)38-25(20-47-23(12-14-33)13-15-34)28(41)36-16-17-46-19-21(2)32(45)40(26)3/h21-27H,4-20,33-35H2,1-3H3,(H,36,41)(H,37,44)(H,38,42)(H,39,43). The number of rotatable bonds is 11. The molecule has 0 aromatic heterocycles. The normalized spacial score (nSPS) is 27.2. The lowest BCUT2D eigenvalue weighted by Gasteiger charge is -2.33. The lowest BCUT2D eigenvalue weighted by molar-refractivity contribution is -0.144. The van der Waals surface area contributed by atoms with E-state index in [0.717, 1.165) is 38.5 Å². The van der Waals surface area contributed by atoms with Gasteiger partial charge in [0.25, 0.3) is 0 Å². The summed E-state index contributed by atoms with van der Waals surface area (Å²) in [7, 11) is 1.59. The van der Waals surface area contributed by atoms with E-state index >= 15 is 0 Å². The zero-order valence-corrected chi connectivity index (χ0v) is 28.6. The van der Waals surface area contributed by atoms with Crippen LogP contribution in [0, 0.1) is 11.8 Å². The number of amides is 5. The first-order chi connectivity index (χ1) is 22.6. The van der Waals surface area contributed by atoms with Crippen LogP contribution in [0.1, 0.15) is 78.1 Å². The van der Waals surface area contributed by atoms with Crippen molar-refractivity contribution in [2.24, 2.45) is 29.0 Å². The van der Waals surface area contributed by atoms with Crippen molar-refractivity contribution in [3.8, 4) is 0 Å². The lowest BCUT2D eigenvalue weighted by atomic mass is 9.90. The summed E-state index contributed by atoms with van der Waals surface area (Å²) in [4.78, 5) is 69.2. The summed E-state index contributed by atoms with van der Waals surface area (Å²) in [5.74, 6) is -3.14. The first-order valence-electron chi connectivity index (χ1n) is 17.3. The molecule has 0 radical (unpaired) electrons. The van der Waals surface area contributed by atoms with Gasteiger partial charge in [0.2, 0.25) is 29.5 Å². The predicted octanol–water partition coefficient (Wildman–Crippen LogP) is -1.14. The summed E-state index contributed by atoms with van der Waals surface area (Å²) < 4.78 is 11.6. The highest BCUT2D eigenvalue weighted by Gasteiger charge is 2.37. The summed E-state index contributed by atoms with van der Waals surface area (Å²) in [6.45, 7) is 4.26. The topological polar surface area (TPSA) is 233 Å². The fourth-order valence-electron chi connectivity index (χ4n) is 6.13. The van der Waals surface area contributed by atoms with Crippen LogP contribution in [-0.2, 0) is 33.4 Å². The summed E-state index contributed by atoms with van der Waals surface area (Å²) in [5, 5.41) is 11.1. The molecule has 1 saturated heterocycles. The van der Waals surface area contributed by atoms with Crippen LogP contribution in [-0.4, -0.2) is 118 Å². The minimum absolute atomic E-state index is 0.0773. The molecule has 1 heterocycles. The lowest BCUT2D eigenvalue weighted by Crippen LogP contribution is -2.61. The van der Waals surface area contributed by atoms with Crippen LogP contribution < -0.4 is 38.5 Å². The smallest absolute Gasteiger partial charge is 0.245 e. The fourth-order valence-corrected chi connectivity index (χ4v) is 6.13. The molecule has 1 saturated carbocycles. The van der Waals surface area contributed by atoms with Crippen LogP contribution in [0.5, 0.6) is 0 Å². The maximum absolute atomic E-state index is 13.9. The molecule has 2 aliphatic rings. The summed E-state index contributed by atoms with van der Waals surface area (Å²) >= 11 is 0. The Morgan fingerprint density at radius 1 is 0.872 bits per heavy atom. The maximum Gasteiger partial charge on any atom is 0.245 e. The Hall–Kier alpha value is -2.85. The van der Waals surface area contributed by atoms with Gasteiger partial charge in [-0.2, -0.15) is 0 Å². The molecular weight excluding hydrogens is 608 g/mol. The van der Waals surface area contributed by atoms with Crippen LogP contribution in [0.3, 0.4) is 0 Å². The van der Waals surface area contributed by atoms with Gasteiger partial charge < -0.3 is 52.8 Å². The number of carbonyl (C=O) groups excluding carboxylic acids is 5. The Bertz CT molecular complexity index is 988. The van der Waals surface area contributed by atoms with Gasteiger partial charge in [-0.3, -0.25) is 24.0 Å². The number of likely N-dealkylation sites (N-methyl/N-ethyl adjacent to an activating group) is 1. The minimum Gasteiger partial charge on any atom is -0.379 e. The van der Waals surface area contributed by atoms with Gasteiger partial charge in [-0.1, -0.05) is 46.0 Å².